The fourth-order valence-electron chi connectivity index (χ4n) is 2.18. The highest BCUT2D eigenvalue weighted by Crippen LogP contribution is 2.01. The minimum absolute atomic E-state index is 0.0532. The molecular formula is C16H26N6O9. The lowest BCUT2D eigenvalue weighted by molar-refractivity contribution is -0.143. The molecule has 0 aromatic rings. The van der Waals surface area contributed by atoms with E-state index in [9.17, 15) is 33.6 Å². The van der Waals surface area contributed by atoms with Crippen molar-refractivity contribution >= 4 is 41.5 Å². The maximum atomic E-state index is 12.3. The number of carboxylic acid groups (broad SMARTS) is 2. The molecule has 15 heteroatoms. The number of primary amides is 2. The van der Waals surface area contributed by atoms with Gasteiger partial charge in [0, 0.05) is 12.8 Å². The molecule has 0 aromatic carbocycles. The monoisotopic (exact) mass is 446 g/mol. The van der Waals surface area contributed by atoms with Gasteiger partial charge in [-0.15, -0.1) is 0 Å². The summed E-state index contributed by atoms with van der Waals surface area (Å²) in [6, 6.07) is -4.27. The third kappa shape index (κ3) is 12.4. The van der Waals surface area contributed by atoms with Crippen LogP contribution >= 0.6 is 0 Å². The second-order valence-electron chi connectivity index (χ2n) is 6.45. The first-order chi connectivity index (χ1) is 14.3. The number of carboxylic acids is 2. The maximum Gasteiger partial charge on any atom is 0.326 e. The van der Waals surface area contributed by atoms with Gasteiger partial charge in [0.1, 0.15) is 12.1 Å². The number of nitrogens with two attached hydrogens (primary N) is 3. The van der Waals surface area contributed by atoms with E-state index in [4.69, 9.17) is 27.4 Å². The summed E-state index contributed by atoms with van der Waals surface area (Å²) in [5.74, 6) is -7.24. The molecule has 0 aromatic heterocycles. The maximum absolute atomic E-state index is 12.3. The minimum Gasteiger partial charge on any atom is -0.481 e. The van der Waals surface area contributed by atoms with Gasteiger partial charge in [0.25, 0.3) is 0 Å². The van der Waals surface area contributed by atoms with E-state index in [-0.39, 0.29) is 12.8 Å². The van der Waals surface area contributed by atoms with Crippen LogP contribution in [0.1, 0.15) is 32.1 Å². The van der Waals surface area contributed by atoms with E-state index in [1.807, 2.05) is 5.32 Å². The normalized spacial score (nSPS) is 13.2. The van der Waals surface area contributed by atoms with Gasteiger partial charge in [-0.1, -0.05) is 0 Å². The second-order valence-corrected chi connectivity index (χ2v) is 6.45. The van der Waals surface area contributed by atoms with Gasteiger partial charge in [-0.25, -0.2) is 4.79 Å². The highest BCUT2D eigenvalue weighted by molar-refractivity contribution is 5.95. The molecule has 0 aliphatic heterocycles. The number of hydrogen-bond acceptors (Lipinski definition) is 8. The van der Waals surface area contributed by atoms with Crippen LogP contribution in [0.5, 0.6) is 0 Å². The Hall–Kier alpha value is -3.75. The van der Waals surface area contributed by atoms with Gasteiger partial charge >= 0.3 is 11.9 Å². The van der Waals surface area contributed by atoms with Crippen LogP contribution in [0.25, 0.3) is 0 Å². The van der Waals surface area contributed by atoms with Crippen LogP contribution in [0.4, 0.5) is 0 Å². The van der Waals surface area contributed by atoms with E-state index in [1.165, 1.54) is 0 Å². The van der Waals surface area contributed by atoms with Gasteiger partial charge in [0.15, 0.2) is 0 Å². The van der Waals surface area contributed by atoms with Gasteiger partial charge in [-0.3, -0.25) is 28.8 Å². The van der Waals surface area contributed by atoms with Crippen molar-refractivity contribution in [2.24, 2.45) is 17.2 Å². The fourth-order valence-corrected chi connectivity index (χ4v) is 2.18. The fraction of sp³-hybridized carbons (Fsp3) is 0.562. The topological polar surface area (TPSA) is 274 Å². The Kier molecular flexibility index (Phi) is 11.8. The van der Waals surface area contributed by atoms with Crippen LogP contribution < -0.4 is 33.2 Å². The molecule has 0 fully saturated rings. The van der Waals surface area contributed by atoms with Gasteiger partial charge in [0.05, 0.1) is 19.0 Å². The van der Waals surface area contributed by atoms with E-state index >= 15 is 0 Å². The van der Waals surface area contributed by atoms with Crippen molar-refractivity contribution in [2.75, 3.05) is 6.54 Å². The predicted octanol–water partition coefficient (Wildman–Crippen LogP) is -4.51. The first kappa shape index (κ1) is 27.2. The number of amides is 5. The van der Waals surface area contributed by atoms with Gasteiger partial charge in [-0.2, -0.15) is 0 Å². The van der Waals surface area contributed by atoms with Gasteiger partial charge in [0.2, 0.25) is 29.5 Å². The molecule has 0 bridgehead atoms. The number of hydrogen-bond donors (Lipinski definition) is 8. The molecule has 3 unspecified atom stereocenters. The molecule has 31 heavy (non-hydrogen) atoms. The molecule has 0 aliphatic carbocycles. The van der Waals surface area contributed by atoms with E-state index in [2.05, 4.69) is 10.6 Å². The Labute approximate surface area is 176 Å². The van der Waals surface area contributed by atoms with Crippen molar-refractivity contribution in [1.82, 2.24) is 16.0 Å². The van der Waals surface area contributed by atoms with E-state index < -0.39 is 85.4 Å². The lowest BCUT2D eigenvalue weighted by Gasteiger charge is -2.20. The summed E-state index contributed by atoms with van der Waals surface area (Å²) >= 11 is 0. The van der Waals surface area contributed by atoms with Crippen molar-refractivity contribution in [3.05, 3.63) is 0 Å². The first-order valence-corrected chi connectivity index (χ1v) is 8.97. The minimum atomic E-state index is -1.58. The molecule has 11 N–H and O–H groups in total. The summed E-state index contributed by atoms with van der Waals surface area (Å²) in [7, 11) is 0. The first-order valence-electron chi connectivity index (χ1n) is 8.97. The molecule has 0 spiro atoms. The summed E-state index contributed by atoms with van der Waals surface area (Å²) < 4.78 is 0. The van der Waals surface area contributed by atoms with Crippen molar-refractivity contribution in [1.29, 1.82) is 0 Å². The highest BCUT2D eigenvalue weighted by atomic mass is 16.4. The number of aliphatic carboxylic acids is 2. The number of nitrogens with one attached hydrogen (secondary N) is 3. The summed E-state index contributed by atoms with van der Waals surface area (Å²) in [6.45, 7) is -0.646. The van der Waals surface area contributed by atoms with E-state index in [1.54, 1.807) is 0 Å². The van der Waals surface area contributed by atoms with E-state index in [0.29, 0.717) is 0 Å². The zero-order chi connectivity index (χ0) is 24.1. The Bertz CT molecular complexity index is 726. The summed E-state index contributed by atoms with van der Waals surface area (Å²) in [5.41, 5.74) is 15.5. The Morgan fingerprint density at radius 2 is 1.39 bits per heavy atom. The molecule has 0 heterocycles. The number of carbonyl (C=O) groups is 7. The van der Waals surface area contributed by atoms with Crippen molar-refractivity contribution < 1.29 is 43.8 Å². The Morgan fingerprint density at radius 3 is 1.87 bits per heavy atom. The second kappa shape index (κ2) is 13.5. The largest absolute Gasteiger partial charge is 0.481 e. The third-order valence-corrected chi connectivity index (χ3v) is 3.78. The lowest BCUT2D eigenvalue weighted by atomic mass is 10.1. The van der Waals surface area contributed by atoms with Crippen molar-refractivity contribution in [3.8, 4) is 0 Å². The highest BCUT2D eigenvalue weighted by Gasteiger charge is 2.28. The molecule has 0 aliphatic rings. The summed E-state index contributed by atoms with van der Waals surface area (Å²) in [6.07, 6.45) is -1.87. The molecule has 3 atom stereocenters. The average Bonchev–Trinajstić information content (AvgIpc) is 2.65. The Morgan fingerprint density at radius 1 is 0.774 bits per heavy atom. The van der Waals surface area contributed by atoms with Crippen LogP contribution in [-0.4, -0.2) is 76.4 Å². The molecule has 174 valence electrons. The van der Waals surface area contributed by atoms with Crippen LogP contribution in [0.2, 0.25) is 0 Å². The van der Waals surface area contributed by atoms with Crippen LogP contribution in [0, 0.1) is 0 Å². The average molecular weight is 446 g/mol. The smallest absolute Gasteiger partial charge is 0.326 e. The zero-order valence-electron chi connectivity index (χ0n) is 16.5. The van der Waals surface area contributed by atoms with Gasteiger partial charge in [-0.05, 0) is 12.8 Å². The van der Waals surface area contributed by atoms with Crippen LogP contribution in [0.3, 0.4) is 0 Å². The number of rotatable bonds is 15. The summed E-state index contributed by atoms with van der Waals surface area (Å²) in [5, 5.41) is 24.0. The zero-order valence-corrected chi connectivity index (χ0v) is 16.5. The SMILES string of the molecule is NC(=O)CCC(N)C(=O)NCC(=O)NC(CC(N)=O)C(=O)NC(CCC(=O)O)C(=O)O. The molecule has 15 nitrogen and oxygen atoms in total. The third-order valence-electron chi connectivity index (χ3n) is 3.78. The molecular weight excluding hydrogens is 420 g/mol. The molecule has 0 saturated heterocycles. The lowest BCUT2D eigenvalue weighted by Crippen LogP contribution is -2.54. The molecule has 0 saturated carbocycles. The molecule has 5 amide bonds. The van der Waals surface area contributed by atoms with Crippen LogP contribution in [0.15, 0.2) is 0 Å². The predicted molar refractivity (Wildman–Crippen MR) is 102 cm³/mol. The molecule has 0 rings (SSSR count). The van der Waals surface area contributed by atoms with E-state index in [0.717, 1.165) is 0 Å². The van der Waals surface area contributed by atoms with Gasteiger partial charge < -0.3 is 43.4 Å². The van der Waals surface area contributed by atoms with Crippen molar-refractivity contribution in [2.45, 2.75) is 50.2 Å². The molecule has 0 radical (unpaired) electrons. The number of carbonyl (C=O) groups excluding carboxylic acids is 5. The quantitative estimate of drug-likeness (QED) is 0.119. The summed E-state index contributed by atoms with van der Waals surface area (Å²) in [4.78, 5) is 79.7. The standard InChI is InChI=1S/C16H26N6O9/c17-7(1-3-10(18)23)14(28)20-6-12(25)21-9(5-11(19)24)15(29)22-8(16(30)31)2-4-13(26)27/h7-9H,1-6,17H2,(H2,18,23)(H2,19,24)(H,20,28)(H,21,25)(H,22,29)(H,26,27)(H,30,31). The Balaban J connectivity index is 4.90. The van der Waals surface area contributed by atoms with Crippen molar-refractivity contribution in [3.63, 3.8) is 0 Å². The van der Waals surface area contributed by atoms with Crippen LogP contribution in [-0.2, 0) is 33.6 Å².